The number of halogens is 1. The van der Waals surface area contributed by atoms with E-state index in [1.165, 1.54) is 51.0 Å². The van der Waals surface area contributed by atoms with Crippen molar-refractivity contribution in [1.82, 2.24) is 4.90 Å². The van der Waals surface area contributed by atoms with Crippen LogP contribution in [0.3, 0.4) is 0 Å². The number of nitrogens with zero attached hydrogens (tertiary/aromatic N) is 2. The molecule has 0 unspecified atom stereocenters. The lowest BCUT2D eigenvalue weighted by atomic mass is 9.68. The zero-order valence-corrected chi connectivity index (χ0v) is 15.9. The number of nitrogen functional groups attached to an aromatic ring is 1. The maximum atomic E-state index is 11.2. The van der Waals surface area contributed by atoms with Gasteiger partial charge in [-0.3, -0.25) is 15.0 Å². The maximum absolute atomic E-state index is 11.2. The van der Waals surface area contributed by atoms with Crippen molar-refractivity contribution in [3.05, 3.63) is 31.8 Å². The summed E-state index contributed by atoms with van der Waals surface area (Å²) in [7, 11) is 0. The first kappa shape index (κ1) is 17.7. The minimum Gasteiger partial charge on any atom is -0.393 e. The third kappa shape index (κ3) is 3.45. The molecule has 1 heterocycles. The van der Waals surface area contributed by atoms with E-state index in [1.807, 2.05) is 6.92 Å². The van der Waals surface area contributed by atoms with E-state index >= 15 is 0 Å². The van der Waals surface area contributed by atoms with Crippen molar-refractivity contribution in [2.24, 2.45) is 5.41 Å². The summed E-state index contributed by atoms with van der Waals surface area (Å²) in [4.78, 5) is 13.2. The average Bonchev–Trinajstić information content (AvgIpc) is 2.57. The van der Waals surface area contributed by atoms with Crippen LogP contribution in [-0.4, -0.2) is 22.9 Å². The first-order valence-electron chi connectivity index (χ1n) is 8.86. The lowest BCUT2D eigenvalue weighted by molar-refractivity contribution is -0.384. The van der Waals surface area contributed by atoms with Gasteiger partial charge in [-0.2, -0.15) is 0 Å². The smallest absolute Gasteiger partial charge is 0.293 e. The van der Waals surface area contributed by atoms with E-state index in [0.29, 0.717) is 17.6 Å². The Hall–Kier alpha value is -1.14. The van der Waals surface area contributed by atoms with Gasteiger partial charge in [-0.15, -0.1) is 0 Å². The Morgan fingerprint density at radius 3 is 2.46 bits per heavy atom. The Labute approximate surface area is 151 Å². The Bertz CT molecular complexity index is 632. The monoisotopic (exact) mass is 395 g/mol. The fourth-order valence-corrected chi connectivity index (χ4v) is 4.83. The van der Waals surface area contributed by atoms with E-state index in [-0.39, 0.29) is 5.69 Å². The highest BCUT2D eigenvalue weighted by atomic mass is 79.9. The summed E-state index contributed by atoms with van der Waals surface area (Å²) in [5.41, 5.74) is 8.92. The molecule has 2 aliphatic rings. The van der Waals surface area contributed by atoms with E-state index in [9.17, 15) is 10.1 Å². The van der Waals surface area contributed by atoms with Gasteiger partial charge in [0.05, 0.1) is 4.92 Å². The second kappa shape index (κ2) is 7.00. The normalized spacial score (nSPS) is 21.1. The number of nitrogens with two attached hydrogens (primary N) is 1. The molecule has 0 radical (unpaired) electrons. The zero-order valence-electron chi connectivity index (χ0n) is 14.3. The lowest BCUT2D eigenvalue weighted by Crippen LogP contribution is -2.40. The van der Waals surface area contributed by atoms with Crippen LogP contribution >= 0.6 is 15.9 Å². The minimum absolute atomic E-state index is 0.00300. The summed E-state index contributed by atoms with van der Waals surface area (Å²) in [5.74, 6) is 0. The van der Waals surface area contributed by atoms with Crippen molar-refractivity contribution in [1.29, 1.82) is 0 Å². The number of piperidine rings is 1. The standard InChI is InChI=1S/C18H26BrN3O2/c1-13-14(17(20)16(22(23)24)11-15(13)19)12-21-9-7-18(8-10-21)5-3-2-4-6-18/h11H,2-10,12,20H2,1H3. The number of hydrogen-bond acceptors (Lipinski definition) is 4. The third-order valence-electron chi connectivity index (χ3n) is 6.08. The molecular formula is C18H26BrN3O2. The Balaban J connectivity index is 1.74. The Kier molecular flexibility index (Phi) is 5.16. The summed E-state index contributed by atoms with van der Waals surface area (Å²) < 4.78 is 0.763. The Morgan fingerprint density at radius 2 is 1.88 bits per heavy atom. The number of benzene rings is 1. The molecule has 0 amide bonds. The van der Waals surface area contributed by atoms with Crippen LogP contribution < -0.4 is 5.73 Å². The minimum atomic E-state index is -0.393. The van der Waals surface area contributed by atoms with Crippen molar-refractivity contribution in [2.45, 2.75) is 58.4 Å². The molecule has 2 fully saturated rings. The van der Waals surface area contributed by atoms with Crippen LogP contribution in [0.2, 0.25) is 0 Å². The predicted octanol–water partition coefficient (Wildman–Crippen LogP) is 4.79. The van der Waals surface area contributed by atoms with Gasteiger partial charge in [0.25, 0.3) is 5.69 Å². The van der Waals surface area contributed by atoms with Gasteiger partial charge < -0.3 is 5.73 Å². The fraction of sp³-hybridized carbons (Fsp3) is 0.667. The highest BCUT2D eigenvalue weighted by Gasteiger charge is 2.35. The molecule has 0 atom stereocenters. The van der Waals surface area contributed by atoms with Gasteiger partial charge in [-0.1, -0.05) is 35.2 Å². The van der Waals surface area contributed by atoms with Crippen molar-refractivity contribution >= 4 is 27.3 Å². The van der Waals surface area contributed by atoms with Crippen molar-refractivity contribution < 1.29 is 4.92 Å². The summed E-state index contributed by atoms with van der Waals surface area (Å²) in [6.07, 6.45) is 9.41. The molecule has 1 aromatic carbocycles. The highest BCUT2D eigenvalue weighted by Crippen LogP contribution is 2.45. The summed E-state index contributed by atoms with van der Waals surface area (Å²) in [5, 5.41) is 11.2. The molecule has 1 saturated carbocycles. The van der Waals surface area contributed by atoms with Crippen molar-refractivity contribution in [3.8, 4) is 0 Å². The highest BCUT2D eigenvalue weighted by molar-refractivity contribution is 9.10. The predicted molar refractivity (Wildman–Crippen MR) is 100.0 cm³/mol. The van der Waals surface area contributed by atoms with Gasteiger partial charge in [-0.25, -0.2) is 0 Å². The van der Waals surface area contributed by atoms with Crippen molar-refractivity contribution in [3.63, 3.8) is 0 Å². The molecule has 5 nitrogen and oxygen atoms in total. The third-order valence-corrected chi connectivity index (χ3v) is 6.91. The molecule has 24 heavy (non-hydrogen) atoms. The first-order valence-corrected chi connectivity index (χ1v) is 9.65. The average molecular weight is 396 g/mol. The van der Waals surface area contributed by atoms with Crippen LogP contribution in [0.15, 0.2) is 10.5 Å². The van der Waals surface area contributed by atoms with Crippen LogP contribution in [0.1, 0.15) is 56.1 Å². The molecule has 0 bridgehead atoms. The maximum Gasteiger partial charge on any atom is 0.293 e. The van der Waals surface area contributed by atoms with E-state index in [2.05, 4.69) is 20.8 Å². The molecule has 132 valence electrons. The number of hydrogen-bond donors (Lipinski definition) is 1. The summed E-state index contributed by atoms with van der Waals surface area (Å²) in [6, 6.07) is 1.52. The number of rotatable bonds is 3. The summed E-state index contributed by atoms with van der Waals surface area (Å²) >= 11 is 3.44. The van der Waals surface area contributed by atoms with Gasteiger partial charge >= 0.3 is 0 Å². The molecule has 2 N–H and O–H groups in total. The molecule has 1 aliphatic heterocycles. The SMILES string of the molecule is Cc1c(Br)cc([N+](=O)[O-])c(N)c1CN1CCC2(CCCCC2)CC1. The second-order valence-corrected chi connectivity index (χ2v) is 8.34. The van der Waals surface area contributed by atoms with E-state index < -0.39 is 4.92 Å². The van der Waals surface area contributed by atoms with Crippen molar-refractivity contribution in [2.75, 3.05) is 18.8 Å². The number of nitro groups is 1. The molecule has 1 spiro atoms. The fourth-order valence-electron chi connectivity index (χ4n) is 4.37. The largest absolute Gasteiger partial charge is 0.393 e. The van der Waals surface area contributed by atoms with E-state index in [4.69, 9.17) is 5.73 Å². The molecular weight excluding hydrogens is 370 g/mol. The topological polar surface area (TPSA) is 72.4 Å². The van der Waals surface area contributed by atoms with Crippen LogP contribution in [0.25, 0.3) is 0 Å². The number of likely N-dealkylation sites (tertiary alicyclic amines) is 1. The van der Waals surface area contributed by atoms with Gasteiger partial charge in [-0.05, 0) is 56.7 Å². The van der Waals surface area contributed by atoms with Crippen LogP contribution in [0, 0.1) is 22.5 Å². The van der Waals surface area contributed by atoms with Gasteiger partial charge in [0.1, 0.15) is 5.69 Å². The van der Waals surface area contributed by atoms with E-state index in [0.717, 1.165) is 28.7 Å². The van der Waals surface area contributed by atoms with Crippen LogP contribution in [0.5, 0.6) is 0 Å². The Morgan fingerprint density at radius 1 is 1.25 bits per heavy atom. The molecule has 3 rings (SSSR count). The molecule has 1 aliphatic carbocycles. The van der Waals surface area contributed by atoms with Crippen LogP contribution in [-0.2, 0) is 6.54 Å². The van der Waals surface area contributed by atoms with Gasteiger partial charge in [0.15, 0.2) is 0 Å². The molecule has 0 aromatic heterocycles. The van der Waals surface area contributed by atoms with Gasteiger partial charge in [0, 0.05) is 22.6 Å². The number of anilines is 1. The quantitative estimate of drug-likeness (QED) is 0.453. The number of nitro benzene ring substituents is 1. The van der Waals surface area contributed by atoms with Crippen LogP contribution in [0.4, 0.5) is 11.4 Å². The van der Waals surface area contributed by atoms with E-state index in [1.54, 1.807) is 0 Å². The summed E-state index contributed by atoms with van der Waals surface area (Å²) in [6.45, 7) is 4.82. The molecule has 1 aromatic rings. The zero-order chi connectivity index (χ0) is 17.3. The second-order valence-electron chi connectivity index (χ2n) is 7.49. The first-order chi connectivity index (χ1) is 11.4. The molecule has 6 heteroatoms. The lowest BCUT2D eigenvalue weighted by Gasteiger charge is -2.44. The molecule has 1 saturated heterocycles. The van der Waals surface area contributed by atoms with Gasteiger partial charge in [0.2, 0.25) is 0 Å².